The Morgan fingerprint density at radius 3 is 2.27 bits per heavy atom. The fourth-order valence-electron chi connectivity index (χ4n) is 1.24. The van der Waals surface area contributed by atoms with Crippen LogP contribution in [0.4, 0.5) is 0 Å². The molecule has 0 spiro atoms. The lowest BCUT2D eigenvalue weighted by atomic mass is 9.87. The second kappa shape index (κ2) is 4.55. The van der Waals surface area contributed by atoms with Gasteiger partial charge in [0.1, 0.15) is 0 Å². The summed E-state index contributed by atoms with van der Waals surface area (Å²) in [7, 11) is 2.01. The molecule has 1 atom stereocenters. The van der Waals surface area contributed by atoms with Crippen LogP contribution in [0.3, 0.4) is 0 Å². The summed E-state index contributed by atoms with van der Waals surface area (Å²) in [6.07, 6.45) is 4.25. The SMILES string of the molecule is C=CCC(CC(C)(C)C)NC. The highest BCUT2D eigenvalue weighted by atomic mass is 14.9. The first-order chi connectivity index (χ1) is 4.99. The van der Waals surface area contributed by atoms with Gasteiger partial charge in [-0.3, -0.25) is 0 Å². The summed E-state index contributed by atoms with van der Waals surface area (Å²) in [4.78, 5) is 0. The van der Waals surface area contributed by atoms with Crippen LogP contribution < -0.4 is 5.32 Å². The molecule has 66 valence electrons. The van der Waals surface area contributed by atoms with Crippen molar-refractivity contribution in [3.05, 3.63) is 12.7 Å². The summed E-state index contributed by atoms with van der Waals surface area (Å²) in [5.74, 6) is 0. The van der Waals surface area contributed by atoms with Crippen LogP contribution in [-0.2, 0) is 0 Å². The molecule has 0 heterocycles. The minimum atomic E-state index is 0.413. The molecule has 0 saturated heterocycles. The molecule has 1 heteroatoms. The van der Waals surface area contributed by atoms with Gasteiger partial charge in [-0.05, 0) is 25.3 Å². The Bertz CT molecular complexity index is 111. The van der Waals surface area contributed by atoms with E-state index < -0.39 is 0 Å². The van der Waals surface area contributed by atoms with Crippen LogP contribution in [0.15, 0.2) is 12.7 Å². The van der Waals surface area contributed by atoms with Gasteiger partial charge in [-0.1, -0.05) is 26.8 Å². The van der Waals surface area contributed by atoms with E-state index in [0.717, 1.165) is 6.42 Å². The molecule has 0 bridgehead atoms. The number of hydrogen-bond acceptors (Lipinski definition) is 1. The molecule has 0 aromatic heterocycles. The predicted molar refractivity (Wildman–Crippen MR) is 51.7 cm³/mol. The fourth-order valence-corrected chi connectivity index (χ4v) is 1.24. The van der Waals surface area contributed by atoms with Crippen molar-refractivity contribution >= 4 is 0 Å². The lowest BCUT2D eigenvalue weighted by Gasteiger charge is -2.24. The Morgan fingerprint density at radius 1 is 1.45 bits per heavy atom. The van der Waals surface area contributed by atoms with Crippen molar-refractivity contribution in [3.63, 3.8) is 0 Å². The maximum absolute atomic E-state index is 3.74. The first kappa shape index (κ1) is 10.7. The molecule has 0 radical (unpaired) electrons. The number of nitrogens with one attached hydrogen (secondary N) is 1. The summed E-state index contributed by atoms with van der Waals surface area (Å²) >= 11 is 0. The van der Waals surface area contributed by atoms with Gasteiger partial charge in [-0.2, -0.15) is 0 Å². The normalized spacial score (nSPS) is 14.5. The first-order valence-corrected chi connectivity index (χ1v) is 4.28. The number of rotatable bonds is 4. The van der Waals surface area contributed by atoms with Gasteiger partial charge in [-0.25, -0.2) is 0 Å². The Balaban J connectivity index is 3.77. The average Bonchev–Trinajstić information content (AvgIpc) is 1.84. The maximum atomic E-state index is 3.74. The molecule has 1 unspecified atom stereocenters. The molecule has 0 aliphatic heterocycles. The van der Waals surface area contributed by atoms with Gasteiger partial charge in [0, 0.05) is 6.04 Å². The second-order valence-electron chi connectivity index (χ2n) is 4.27. The Kier molecular flexibility index (Phi) is 4.43. The topological polar surface area (TPSA) is 12.0 Å². The van der Waals surface area contributed by atoms with Gasteiger partial charge in [0.15, 0.2) is 0 Å². The van der Waals surface area contributed by atoms with E-state index >= 15 is 0 Å². The molecule has 0 amide bonds. The van der Waals surface area contributed by atoms with E-state index in [4.69, 9.17) is 0 Å². The Labute approximate surface area is 70.9 Å². The molecule has 0 rings (SSSR count). The molecule has 0 aliphatic carbocycles. The molecule has 0 aliphatic rings. The lowest BCUT2D eigenvalue weighted by Crippen LogP contribution is -2.29. The van der Waals surface area contributed by atoms with Crippen molar-refractivity contribution in [1.82, 2.24) is 5.32 Å². The zero-order chi connectivity index (χ0) is 8.91. The van der Waals surface area contributed by atoms with Crippen molar-refractivity contribution in [2.75, 3.05) is 7.05 Å². The van der Waals surface area contributed by atoms with Crippen molar-refractivity contribution < 1.29 is 0 Å². The van der Waals surface area contributed by atoms with Gasteiger partial charge >= 0.3 is 0 Å². The molecule has 1 nitrogen and oxygen atoms in total. The quantitative estimate of drug-likeness (QED) is 0.615. The summed E-state index contributed by atoms with van der Waals surface area (Å²) in [6.45, 7) is 10.5. The highest BCUT2D eigenvalue weighted by molar-refractivity contribution is 4.80. The lowest BCUT2D eigenvalue weighted by molar-refractivity contribution is 0.318. The Morgan fingerprint density at radius 2 is 2.00 bits per heavy atom. The molecule has 0 saturated carbocycles. The van der Waals surface area contributed by atoms with Crippen LogP contribution in [-0.4, -0.2) is 13.1 Å². The van der Waals surface area contributed by atoms with Gasteiger partial charge < -0.3 is 5.32 Å². The largest absolute Gasteiger partial charge is 0.317 e. The summed E-state index contributed by atoms with van der Waals surface area (Å²) in [6, 6.07) is 0.590. The van der Waals surface area contributed by atoms with Gasteiger partial charge in [0.05, 0.1) is 0 Å². The van der Waals surface area contributed by atoms with E-state index in [1.54, 1.807) is 0 Å². The molecule has 0 fully saturated rings. The monoisotopic (exact) mass is 155 g/mol. The van der Waals surface area contributed by atoms with E-state index in [-0.39, 0.29) is 0 Å². The fraction of sp³-hybridized carbons (Fsp3) is 0.800. The second-order valence-corrected chi connectivity index (χ2v) is 4.27. The molecular weight excluding hydrogens is 134 g/mol. The minimum Gasteiger partial charge on any atom is -0.317 e. The van der Waals surface area contributed by atoms with E-state index in [0.29, 0.717) is 11.5 Å². The smallest absolute Gasteiger partial charge is 0.0103 e. The van der Waals surface area contributed by atoms with E-state index in [1.807, 2.05) is 13.1 Å². The van der Waals surface area contributed by atoms with Crippen LogP contribution in [0, 0.1) is 5.41 Å². The third-order valence-corrected chi connectivity index (χ3v) is 1.72. The van der Waals surface area contributed by atoms with Crippen LogP contribution in [0.5, 0.6) is 0 Å². The molecule has 0 aromatic carbocycles. The predicted octanol–water partition coefficient (Wildman–Crippen LogP) is 2.59. The molecule has 1 N–H and O–H groups in total. The molecule has 11 heavy (non-hydrogen) atoms. The third-order valence-electron chi connectivity index (χ3n) is 1.72. The van der Waals surface area contributed by atoms with Crippen molar-refractivity contribution in [1.29, 1.82) is 0 Å². The van der Waals surface area contributed by atoms with Gasteiger partial charge in [-0.15, -0.1) is 6.58 Å². The van der Waals surface area contributed by atoms with Crippen LogP contribution in [0.1, 0.15) is 33.6 Å². The highest BCUT2D eigenvalue weighted by Gasteiger charge is 2.15. The van der Waals surface area contributed by atoms with E-state index in [2.05, 4.69) is 32.7 Å². The third kappa shape index (κ3) is 6.11. The van der Waals surface area contributed by atoms with Gasteiger partial charge in [0.2, 0.25) is 0 Å². The molecular formula is C10H21N. The van der Waals surface area contributed by atoms with Crippen molar-refractivity contribution in [2.45, 2.75) is 39.7 Å². The van der Waals surface area contributed by atoms with Crippen molar-refractivity contribution in [3.8, 4) is 0 Å². The zero-order valence-electron chi connectivity index (χ0n) is 8.28. The highest BCUT2D eigenvalue weighted by Crippen LogP contribution is 2.21. The maximum Gasteiger partial charge on any atom is 0.0103 e. The first-order valence-electron chi connectivity index (χ1n) is 4.28. The van der Waals surface area contributed by atoms with Crippen LogP contribution >= 0.6 is 0 Å². The van der Waals surface area contributed by atoms with Crippen LogP contribution in [0.2, 0.25) is 0 Å². The summed E-state index contributed by atoms with van der Waals surface area (Å²) in [5, 5.41) is 3.29. The van der Waals surface area contributed by atoms with Gasteiger partial charge in [0.25, 0.3) is 0 Å². The number of hydrogen-bond donors (Lipinski definition) is 1. The summed E-state index contributed by atoms with van der Waals surface area (Å²) in [5.41, 5.74) is 0.413. The van der Waals surface area contributed by atoms with Crippen LogP contribution in [0.25, 0.3) is 0 Å². The standard InChI is InChI=1S/C10H21N/c1-6-7-9(11-5)8-10(2,3)4/h6,9,11H,1,7-8H2,2-5H3. The molecule has 0 aromatic rings. The van der Waals surface area contributed by atoms with E-state index in [9.17, 15) is 0 Å². The van der Waals surface area contributed by atoms with E-state index in [1.165, 1.54) is 6.42 Å². The Hall–Kier alpha value is -0.300. The average molecular weight is 155 g/mol. The summed E-state index contributed by atoms with van der Waals surface area (Å²) < 4.78 is 0. The van der Waals surface area contributed by atoms with Crippen molar-refractivity contribution in [2.24, 2.45) is 5.41 Å². The zero-order valence-corrected chi connectivity index (χ0v) is 8.28. The minimum absolute atomic E-state index is 0.413.